The summed E-state index contributed by atoms with van der Waals surface area (Å²) < 4.78 is 18.7. The number of aromatic nitrogens is 2. The van der Waals surface area contributed by atoms with E-state index in [1.165, 1.54) is 12.1 Å². The standard InChI is InChI=1S/C12H16FO4P.C9H12N2/c1-5-9(14)11(16)12(17-5)10(15)6-2-3-8(18)7(13)4-6;1-4-5-9-7(2)10-6-11-8(9)3/h2-5,9-12,14-16H,18H2,1H3;4-6H,1-3H3/b;5-4-/t5-,9-,10+,11-,12+;/m0./s1. The molecule has 1 aromatic carbocycles. The molecule has 1 unspecified atom stereocenters. The highest BCUT2D eigenvalue weighted by Gasteiger charge is 2.44. The van der Waals surface area contributed by atoms with Gasteiger partial charge in [0, 0.05) is 22.3 Å². The van der Waals surface area contributed by atoms with Crippen LogP contribution in [0.5, 0.6) is 0 Å². The van der Waals surface area contributed by atoms with Gasteiger partial charge in [0.2, 0.25) is 0 Å². The van der Waals surface area contributed by atoms with Crippen LogP contribution in [0.1, 0.15) is 42.5 Å². The predicted molar refractivity (Wildman–Crippen MR) is 113 cm³/mol. The monoisotopic (exact) mass is 422 g/mol. The van der Waals surface area contributed by atoms with Gasteiger partial charge in [0.25, 0.3) is 0 Å². The zero-order valence-electron chi connectivity index (χ0n) is 17.0. The smallest absolute Gasteiger partial charge is 0.130 e. The number of aryl methyl sites for hydroxylation is 2. The van der Waals surface area contributed by atoms with E-state index in [9.17, 15) is 19.7 Å². The van der Waals surface area contributed by atoms with Crippen molar-refractivity contribution in [3.8, 4) is 0 Å². The summed E-state index contributed by atoms with van der Waals surface area (Å²) in [5, 5.41) is 29.8. The Morgan fingerprint density at radius 3 is 2.28 bits per heavy atom. The minimum Gasteiger partial charge on any atom is -0.388 e. The number of nitrogens with zero attached hydrogens (tertiary/aromatic N) is 2. The summed E-state index contributed by atoms with van der Waals surface area (Å²) in [6.45, 7) is 7.58. The van der Waals surface area contributed by atoms with E-state index in [0.717, 1.165) is 17.0 Å². The van der Waals surface area contributed by atoms with Crippen LogP contribution in [0.15, 0.2) is 30.6 Å². The molecule has 0 bridgehead atoms. The van der Waals surface area contributed by atoms with Crippen LogP contribution in [-0.2, 0) is 4.74 Å². The Morgan fingerprint density at radius 1 is 1.17 bits per heavy atom. The molecule has 0 amide bonds. The molecule has 6 nitrogen and oxygen atoms in total. The van der Waals surface area contributed by atoms with Crippen LogP contribution in [-0.4, -0.2) is 49.7 Å². The first-order valence-corrected chi connectivity index (χ1v) is 9.90. The Labute approximate surface area is 172 Å². The van der Waals surface area contributed by atoms with Crippen molar-refractivity contribution in [1.82, 2.24) is 9.97 Å². The molecule has 6 atom stereocenters. The van der Waals surface area contributed by atoms with Gasteiger partial charge in [0.1, 0.15) is 36.6 Å². The maximum Gasteiger partial charge on any atom is 0.130 e. The molecule has 158 valence electrons. The van der Waals surface area contributed by atoms with Gasteiger partial charge in [0.15, 0.2) is 0 Å². The van der Waals surface area contributed by atoms with E-state index in [1.54, 1.807) is 19.3 Å². The van der Waals surface area contributed by atoms with Crippen molar-refractivity contribution in [3.05, 3.63) is 58.9 Å². The first kappa shape index (κ1) is 23.5. The fourth-order valence-corrected chi connectivity index (χ4v) is 3.25. The fourth-order valence-electron chi connectivity index (χ4n) is 3.07. The molecule has 1 saturated heterocycles. The lowest BCUT2D eigenvalue weighted by molar-refractivity contribution is -0.0636. The Balaban J connectivity index is 0.000000234. The molecule has 2 aromatic rings. The molecule has 0 radical (unpaired) electrons. The summed E-state index contributed by atoms with van der Waals surface area (Å²) in [4.78, 5) is 8.19. The van der Waals surface area contributed by atoms with Crippen molar-refractivity contribution in [2.45, 2.75) is 58.2 Å². The molecular formula is C21H28FN2O4P. The lowest BCUT2D eigenvalue weighted by atomic mass is 9.98. The van der Waals surface area contributed by atoms with Gasteiger partial charge in [-0.1, -0.05) is 24.3 Å². The second kappa shape index (κ2) is 10.3. The molecule has 1 aliphatic rings. The normalized spacial score (nSPS) is 25.0. The minimum absolute atomic E-state index is 0.309. The SMILES string of the molecule is C/C=C\c1c(C)ncnc1C.C[C@@H]1O[C@H]([C@H](O)c2ccc(P)c(F)c2)[C@@H](O)[C@H]1O. The highest BCUT2D eigenvalue weighted by molar-refractivity contribution is 7.27. The first-order valence-electron chi connectivity index (χ1n) is 9.32. The van der Waals surface area contributed by atoms with Gasteiger partial charge in [-0.05, 0) is 39.3 Å². The Morgan fingerprint density at radius 2 is 1.79 bits per heavy atom. The molecule has 1 aromatic heterocycles. The number of rotatable bonds is 3. The predicted octanol–water partition coefficient (Wildman–Crippen LogP) is 2.00. The summed E-state index contributed by atoms with van der Waals surface area (Å²) in [5.74, 6) is -0.461. The van der Waals surface area contributed by atoms with Crippen LogP contribution >= 0.6 is 9.24 Å². The lowest BCUT2D eigenvalue weighted by Crippen LogP contribution is -2.35. The highest BCUT2D eigenvalue weighted by Crippen LogP contribution is 2.31. The summed E-state index contributed by atoms with van der Waals surface area (Å²) in [7, 11) is 2.24. The van der Waals surface area contributed by atoms with Gasteiger partial charge in [-0.25, -0.2) is 14.4 Å². The Bertz CT molecular complexity index is 844. The maximum absolute atomic E-state index is 13.4. The molecule has 0 spiro atoms. The number of hydrogen-bond acceptors (Lipinski definition) is 6. The number of benzene rings is 1. The maximum atomic E-state index is 13.4. The van der Waals surface area contributed by atoms with Gasteiger partial charge in [-0.15, -0.1) is 9.24 Å². The average Bonchev–Trinajstić information content (AvgIpc) is 2.94. The Kier molecular flexibility index (Phi) is 8.37. The molecule has 3 rings (SSSR count). The first-order chi connectivity index (χ1) is 13.7. The zero-order valence-corrected chi connectivity index (χ0v) is 18.1. The molecule has 2 heterocycles. The van der Waals surface area contributed by atoms with E-state index < -0.39 is 36.3 Å². The van der Waals surface area contributed by atoms with Crippen molar-refractivity contribution in [1.29, 1.82) is 0 Å². The molecule has 29 heavy (non-hydrogen) atoms. The third-order valence-corrected chi connectivity index (χ3v) is 5.30. The quantitative estimate of drug-likeness (QED) is 0.655. The number of allylic oxidation sites excluding steroid dienone is 1. The third-order valence-electron chi connectivity index (χ3n) is 4.83. The largest absolute Gasteiger partial charge is 0.388 e. The zero-order chi connectivity index (χ0) is 21.7. The number of aliphatic hydroxyl groups is 3. The van der Waals surface area contributed by atoms with Crippen LogP contribution in [0.2, 0.25) is 0 Å². The summed E-state index contributed by atoms with van der Waals surface area (Å²) >= 11 is 0. The molecule has 8 heteroatoms. The number of ether oxygens (including phenoxy) is 1. The van der Waals surface area contributed by atoms with E-state index in [-0.39, 0.29) is 0 Å². The van der Waals surface area contributed by atoms with Gasteiger partial charge in [-0.3, -0.25) is 0 Å². The minimum atomic E-state index is -1.19. The number of halogens is 1. The number of hydrogen-bond donors (Lipinski definition) is 3. The average molecular weight is 422 g/mol. The molecule has 0 saturated carbocycles. The summed E-state index contributed by atoms with van der Waals surface area (Å²) in [5.41, 5.74) is 3.52. The van der Waals surface area contributed by atoms with Crippen LogP contribution < -0.4 is 5.30 Å². The van der Waals surface area contributed by atoms with Gasteiger partial charge < -0.3 is 20.1 Å². The van der Waals surface area contributed by atoms with E-state index in [4.69, 9.17) is 4.74 Å². The van der Waals surface area contributed by atoms with Crippen molar-refractivity contribution in [3.63, 3.8) is 0 Å². The van der Waals surface area contributed by atoms with Crippen molar-refractivity contribution in [2.24, 2.45) is 0 Å². The van der Waals surface area contributed by atoms with Gasteiger partial charge in [-0.2, -0.15) is 0 Å². The van der Waals surface area contributed by atoms with Gasteiger partial charge in [0.05, 0.1) is 6.10 Å². The van der Waals surface area contributed by atoms with E-state index in [1.807, 2.05) is 32.9 Å². The fraction of sp³-hybridized carbons (Fsp3) is 0.429. The van der Waals surface area contributed by atoms with Crippen molar-refractivity contribution in [2.75, 3.05) is 0 Å². The molecule has 1 fully saturated rings. The van der Waals surface area contributed by atoms with Crippen LogP contribution in [0.4, 0.5) is 4.39 Å². The second-order valence-corrected chi connectivity index (χ2v) is 7.59. The van der Waals surface area contributed by atoms with Crippen LogP contribution in [0.25, 0.3) is 6.08 Å². The molecular weight excluding hydrogens is 394 g/mol. The van der Waals surface area contributed by atoms with E-state index in [2.05, 4.69) is 19.2 Å². The summed E-state index contributed by atoms with van der Waals surface area (Å²) in [6.07, 6.45) is 0.695. The lowest BCUT2D eigenvalue weighted by Gasteiger charge is -2.21. The topological polar surface area (TPSA) is 95.7 Å². The molecule has 0 aliphatic carbocycles. The highest BCUT2D eigenvalue weighted by atomic mass is 31.0. The third kappa shape index (κ3) is 5.65. The van der Waals surface area contributed by atoms with Crippen LogP contribution in [0, 0.1) is 19.7 Å². The van der Waals surface area contributed by atoms with Gasteiger partial charge >= 0.3 is 0 Å². The van der Waals surface area contributed by atoms with E-state index in [0.29, 0.717) is 10.9 Å². The molecule has 1 aliphatic heterocycles. The van der Waals surface area contributed by atoms with Crippen molar-refractivity contribution < 1.29 is 24.4 Å². The number of aliphatic hydroxyl groups excluding tert-OH is 3. The summed E-state index contributed by atoms with van der Waals surface area (Å²) in [6, 6.07) is 4.26. The Hall–Kier alpha value is -1.76. The second-order valence-electron chi connectivity index (χ2n) is 6.97. The molecule has 3 N–H and O–H groups in total. The van der Waals surface area contributed by atoms with Crippen LogP contribution in [0.3, 0.4) is 0 Å². The van der Waals surface area contributed by atoms with E-state index >= 15 is 0 Å². The van der Waals surface area contributed by atoms with Crippen molar-refractivity contribution >= 4 is 20.6 Å².